The molecule has 1 rings (SSSR count). The summed E-state index contributed by atoms with van der Waals surface area (Å²) in [7, 11) is 0. The quantitative estimate of drug-likeness (QED) is 0.716. The largest absolute Gasteiger partial charge is 0.494 e. The molecule has 13 heavy (non-hydrogen) atoms. The minimum absolute atomic E-state index is 0.466. The molecule has 0 amide bonds. The number of nitriles is 1. The van der Waals surface area contributed by atoms with Gasteiger partial charge < -0.3 is 10.5 Å². The fraction of sp³-hybridized carbons (Fsp3) is 0.300. The van der Waals surface area contributed by atoms with E-state index in [0.717, 1.165) is 6.42 Å². The highest BCUT2D eigenvalue weighted by molar-refractivity contribution is 5.56. The number of nitrogen functional groups attached to an aromatic ring is 1. The van der Waals surface area contributed by atoms with E-state index < -0.39 is 0 Å². The van der Waals surface area contributed by atoms with Gasteiger partial charge in [-0.25, -0.2) is 0 Å². The molecule has 0 unspecified atom stereocenters. The van der Waals surface area contributed by atoms with Gasteiger partial charge in [0.2, 0.25) is 0 Å². The van der Waals surface area contributed by atoms with Gasteiger partial charge in [0.1, 0.15) is 11.8 Å². The molecule has 3 heteroatoms. The van der Waals surface area contributed by atoms with Crippen LogP contribution in [0, 0.1) is 11.3 Å². The number of ether oxygens (including phenoxy) is 1. The third kappa shape index (κ3) is 2.38. The van der Waals surface area contributed by atoms with Crippen LogP contribution in [-0.4, -0.2) is 6.61 Å². The van der Waals surface area contributed by atoms with Gasteiger partial charge in [-0.1, -0.05) is 6.92 Å². The molecule has 0 spiro atoms. The standard InChI is InChI=1S/C10H12N2O/c1-2-5-13-9-3-4-10(12)8(6-9)7-11/h3-4,6H,2,5,12H2,1H3. The number of rotatable bonds is 3. The van der Waals surface area contributed by atoms with Crippen molar-refractivity contribution in [3.63, 3.8) is 0 Å². The van der Waals surface area contributed by atoms with Gasteiger partial charge in [0, 0.05) is 5.69 Å². The minimum Gasteiger partial charge on any atom is -0.494 e. The molecule has 68 valence electrons. The van der Waals surface area contributed by atoms with Gasteiger partial charge in [-0.2, -0.15) is 5.26 Å². The van der Waals surface area contributed by atoms with Crippen molar-refractivity contribution in [1.29, 1.82) is 5.26 Å². The van der Waals surface area contributed by atoms with E-state index in [9.17, 15) is 0 Å². The lowest BCUT2D eigenvalue weighted by atomic mass is 10.2. The SMILES string of the molecule is CCCOc1ccc(N)c(C#N)c1. The maximum absolute atomic E-state index is 8.68. The van der Waals surface area contributed by atoms with Crippen molar-refractivity contribution in [3.05, 3.63) is 23.8 Å². The number of hydrogen-bond acceptors (Lipinski definition) is 3. The first-order chi connectivity index (χ1) is 6.27. The third-order valence-corrected chi connectivity index (χ3v) is 1.62. The van der Waals surface area contributed by atoms with Crippen LogP contribution >= 0.6 is 0 Å². The van der Waals surface area contributed by atoms with Gasteiger partial charge in [-0.3, -0.25) is 0 Å². The molecule has 0 aliphatic carbocycles. The Bertz CT molecular complexity index is 328. The normalized spacial score (nSPS) is 9.23. The maximum atomic E-state index is 8.68. The predicted octanol–water partition coefficient (Wildman–Crippen LogP) is 1.93. The van der Waals surface area contributed by atoms with Gasteiger partial charge in [-0.05, 0) is 24.6 Å². The van der Waals surface area contributed by atoms with Crippen molar-refractivity contribution < 1.29 is 4.74 Å². The summed E-state index contributed by atoms with van der Waals surface area (Å²) in [5.74, 6) is 0.701. The Kier molecular flexibility index (Phi) is 3.15. The molecule has 0 fully saturated rings. The molecule has 0 aliphatic heterocycles. The predicted molar refractivity (Wildman–Crippen MR) is 51.4 cm³/mol. The second kappa shape index (κ2) is 4.36. The van der Waals surface area contributed by atoms with E-state index in [1.54, 1.807) is 18.2 Å². The molecule has 1 aromatic carbocycles. The molecule has 0 bridgehead atoms. The number of benzene rings is 1. The summed E-state index contributed by atoms with van der Waals surface area (Å²) in [5, 5.41) is 8.68. The molecule has 1 aromatic rings. The minimum atomic E-state index is 0.466. The highest BCUT2D eigenvalue weighted by Crippen LogP contribution is 2.18. The summed E-state index contributed by atoms with van der Waals surface area (Å²) in [4.78, 5) is 0. The summed E-state index contributed by atoms with van der Waals surface area (Å²) in [6, 6.07) is 7.12. The first kappa shape index (κ1) is 9.40. The summed E-state index contributed by atoms with van der Waals surface area (Å²) < 4.78 is 5.35. The first-order valence-electron chi connectivity index (χ1n) is 4.20. The van der Waals surface area contributed by atoms with E-state index in [1.165, 1.54) is 0 Å². The molecular weight excluding hydrogens is 164 g/mol. The van der Waals surface area contributed by atoms with E-state index in [0.29, 0.717) is 23.6 Å². The Hall–Kier alpha value is -1.69. The van der Waals surface area contributed by atoms with Crippen LogP contribution < -0.4 is 10.5 Å². The van der Waals surface area contributed by atoms with E-state index in [-0.39, 0.29) is 0 Å². The Morgan fingerprint density at radius 1 is 1.54 bits per heavy atom. The van der Waals surface area contributed by atoms with Crippen LogP contribution in [0.4, 0.5) is 5.69 Å². The summed E-state index contributed by atoms with van der Waals surface area (Å²) in [5.41, 5.74) is 6.51. The van der Waals surface area contributed by atoms with Gasteiger partial charge in [0.25, 0.3) is 0 Å². The zero-order valence-electron chi connectivity index (χ0n) is 7.58. The van der Waals surface area contributed by atoms with Gasteiger partial charge in [-0.15, -0.1) is 0 Å². The van der Waals surface area contributed by atoms with Gasteiger partial charge in [0.05, 0.1) is 12.2 Å². The average molecular weight is 176 g/mol. The molecule has 0 heterocycles. The van der Waals surface area contributed by atoms with E-state index >= 15 is 0 Å². The van der Waals surface area contributed by atoms with Crippen LogP contribution in [-0.2, 0) is 0 Å². The molecule has 0 aliphatic rings. The monoisotopic (exact) mass is 176 g/mol. The molecular formula is C10H12N2O. The van der Waals surface area contributed by atoms with Crippen LogP contribution in [0.15, 0.2) is 18.2 Å². The average Bonchev–Trinajstić information content (AvgIpc) is 2.16. The smallest absolute Gasteiger partial charge is 0.120 e. The fourth-order valence-electron chi connectivity index (χ4n) is 0.942. The molecule has 0 aromatic heterocycles. The second-order valence-electron chi connectivity index (χ2n) is 2.71. The van der Waals surface area contributed by atoms with Crippen LogP contribution in [0.5, 0.6) is 5.75 Å². The van der Waals surface area contributed by atoms with Gasteiger partial charge in [0.15, 0.2) is 0 Å². The molecule has 3 nitrogen and oxygen atoms in total. The highest BCUT2D eigenvalue weighted by atomic mass is 16.5. The maximum Gasteiger partial charge on any atom is 0.120 e. The lowest BCUT2D eigenvalue weighted by molar-refractivity contribution is 0.317. The lowest BCUT2D eigenvalue weighted by Gasteiger charge is -2.05. The van der Waals surface area contributed by atoms with Crippen LogP contribution in [0.2, 0.25) is 0 Å². The lowest BCUT2D eigenvalue weighted by Crippen LogP contribution is -1.96. The fourth-order valence-corrected chi connectivity index (χ4v) is 0.942. The van der Waals surface area contributed by atoms with Crippen molar-refractivity contribution in [2.24, 2.45) is 0 Å². The molecule has 0 saturated carbocycles. The first-order valence-corrected chi connectivity index (χ1v) is 4.20. The van der Waals surface area contributed by atoms with E-state index in [2.05, 4.69) is 0 Å². The number of anilines is 1. The van der Waals surface area contributed by atoms with Crippen molar-refractivity contribution in [2.45, 2.75) is 13.3 Å². The number of nitrogens with two attached hydrogens (primary N) is 1. The Labute approximate surface area is 77.7 Å². The van der Waals surface area contributed by atoms with Crippen molar-refractivity contribution in [2.75, 3.05) is 12.3 Å². The Morgan fingerprint density at radius 3 is 2.92 bits per heavy atom. The summed E-state index contributed by atoms with van der Waals surface area (Å²) >= 11 is 0. The molecule has 0 radical (unpaired) electrons. The second-order valence-corrected chi connectivity index (χ2v) is 2.71. The molecule has 2 N–H and O–H groups in total. The van der Waals surface area contributed by atoms with Gasteiger partial charge >= 0.3 is 0 Å². The van der Waals surface area contributed by atoms with Crippen LogP contribution in [0.3, 0.4) is 0 Å². The number of hydrogen-bond donors (Lipinski definition) is 1. The van der Waals surface area contributed by atoms with Crippen molar-refractivity contribution in [3.8, 4) is 11.8 Å². The zero-order chi connectivity index (χ0) is 9.68. The highest BCUT2D eigenvalue weighted by Gasteiger charge is 1.99. The van der Waals surface area contributed by atoms with Crippen LogP contribution in [0.1, 0.15) is 18.9 Å². The Balaban J connectivity index is 2.82. The topological polar surface area (TPSA) is 59.0 Å². The van der Waals surface area contributed by atoms with E-state index in [4.69, 9.17) is 15.7 Å². The third-order valence-electron chi connectivity index (χ3n) is 1.62. The van der Waals surface area contributed by atoms with Crippen molar-refractivity contribution >= 4 is 5.69 Å². The van der Waals surface area contributed by atoms with E-state index in [1.807, 2.05) is 13.0 Å². The molecule has 0 atom stereocenters. The molecule has 0 saturated heterocycles. The van der Waals surface area contributed by atoms with Crippen LogP contribution in [0.25, 0.3) is 0 Å². The van der Waals surface area contributed by atoms with Crippen molar-refractivity contribution in [1.82, 2.24) is 0 Å². The Morgan fingerprint density at radius 2 is 2.31 bits per heavy atom. The zero-order valence-corrected chi connectivity index (χ0v) is 7.58. The summed E-state index contributed by atoms with van der Waals surface area (Å²) in [6.07, 6.45) is 0.951. The number of nitrogens with zero attached hydrogens (tertiary/aromatic N) is 1. The summed E-state index contributed by atoms with van der Waals surface area (Å²) in [6.45, 7) is 2.69.